The van der Waals surface area contributed by atoms with E-state index in [1.165, 1.54) is 11.8 Å². The molecule has 7 amide bonds. The van der Waals surface area contributed by atoms with Gasteiger partial charge in [-0.1, -0.05) is 80.6 Å². The molecule has 11 N–H and O–H groups in total. The number of hydrogen-bond donors (Lipinski definition) is 9. The van der Waals surface area contributed by atoms with Gasteiger partial charge in [0.25, 0.3) is 0 Å². The number of benzene rings is 2. The van der Waals surface area contributed by atoms with Crippen molar-refractivity contribution in [1.29, 1.82) is 0 Å². The third-order valence-electron chi connectivity index (χ3n) is 12.9. The van der Waals surface area contributed by atoms with Crippen molar-refractivity contribution >= 4 is 58.2 Å². The van der Waals surface area contributed by atoms with E-state index < -0.39 is 77.6 Å². The number of hydrogen-bond acceptors (Lipinski definition) is 8. The van der Waals surface area contributed by atoms with Gasteiger partial charge in [-0.2, -0.15) is 0 Å². The van der Waals surface area contributed by atoms with E-state index in [2.05, 4.69) is 41.9 Å². The number of carbonyl (C=O) groups excluding carboxylic acids is 7. The maximum Gasteiger partial charge on any atom is 0.245 e. The predicted molar refractivity (Wildman–Crippen MR) is 250 cm³/mol. The molecular formula is C48H67N11O7. The smallest absolute Gasteiger partial charge is 0.245 e. The Bertz CT molecular complexity index is 2190. The number of amides is 7. The fourth-order valence-electron chi connectivity index (χ4n) is 9.44. The molecule has 18 nitrogen and oxygen atoms in total. The molecule has 4 unspecified atom stereocenters. The summed E-state index contributed by atoms with van der Waals surface area (Å²) in [5.74, 6) is -3.37. The lowest BCUT2D eigenvalue weighted by atomic mass is 9.85. The van der Waals surface area contributed by atoms with E-state index in [0.29, 0.717) is 38.0 Å². The molecule has 66 heavy (non-hydrogen) atoms. The number of aromatic nitrogens is 1. The first-order valence-corrected chi connectivity index (χ1v) is 23.6. The molecule has 0 bridgehead atoms. The Kier molecular flexibility index (Phi) is 17.9. The molecule has 3 aromatic rings. The molecule has 2 aliphatic heterocycles. The van der Waals surface area contributed by atoms with E-state index in [1.807, 2.05) is 54.6 Å². The van der Waals surface area contributed by atoms with Crippen molar-refractivity contribution in [3.05, 3.63) is 71.9 Å². The fourth-order valence-corrected chi connectivity index (χ4v) is 9.44. The second-order valence-electron chi connectivity index (χ2n) is 17.9. The zero-order chi connectivity index (χ0) is 47.0. The SMILES string of the molecule is CC(=O)N[C@@H](Cc1ccccc1)C(=O)NC1CCCNC(=O)C(CCCN=C(N)N)NC(=O)C(Cc2c[nH]c3ccccc23)NC(=O)[C@@H](CCC2CCCCC2)NC(=O)C2CCCN2C1=O. The van der Waals surface area contributed by atoms with Crippen LogP contribution in [0.3, 0.4) is 0 Å². The molecule has 2 aromatic carbocycles. The number of aliphatic imine (C=N–C) groups is 1. The molecule has 6 atom stereocenters. The Hall–Kier alpha value is -6.46. The van der Waals surface area contributed by atoms with E-state index in [-0.39, 0.29) is 57.7 Å². The second-order valence-corrected chi connectivity index (χ2v) is 17.9. The topological polar surface area (TPSA) is 275 Å². The van der Waals surface area contributed by atoms with Crippen LogP contribution in [0, 0.1) is 5.92 Å². The van der Waals surface area contributed by atoms with Crippen LogP contribution in [0.15, 0.2) is 65.8 Å². The Labute approximate surface area is 386 Å². The summed E-state index contributed by atoms with van der Waals surface area (Å²) >= 11 is 0. The average Bonchev–Trinajstić information content (AvgIpc) is 3.97. The van der Waals surface area contributed by atoms with Gasteiger partial charge in [0.2, 0.25) is 41.4 Å². The summed E-state index contributed by atoms with van der Waals surface area (Å²) in [7, 11) is 0. The van der Waals surface area contributed by atoms with Crippen LogP contribution in [0.5, 0.6) is 0 Å². The van der Waals surface area contributed by atoms with Crippen molar-refractivity contribution in [3.63, 3.8) is 0 Å². The van der Waals surface area contributed by atoms with Crippen molar-refractivity contribution in [2.24, 2.45) is 22.4 Å². The third kappa shape index (κ3) is 14.0. The highest BCUT2D eigenvalue weighted by molar-refractivity contribution is 5.98. The van der Waals surface area contributed by atoms with Gasteiger partial charge in [-0.25, -0.2) is 0 Å². The molecule has 0 radical (unpaired) electrons. The Balaban J connectivity index is 1.31. The number of rotatable bonds is 14. The van der Waals surface area contributed by atoms with Gasteiger partial charge in [0.15, 0.2) is 5.96 Å². The van der Waals surface area contributed by atoms with Crippen LogP contribution < -0.4 is 43.4 Å². The molecular weight excluding hydrogens is 843 g/mol. The third-order valence-corrected chi connectivity index (χ3v) is 12.9. The predicted octanol–water partition coefficient (Wildman–Crippen LogP) is 1.71. The number of nitrogens with two attached hydrogens (primary N) is 2. The zero-order valence-corrected chi connectivity index (χ0v) is 37.9. The molecule has 1 aromatic heterocycles. The van der Waals surface area contributed by atoms with Crippen molar-refractivity contribution in [2.45, 2.75) is 139 Å². The molecule has 3 aliphatic rings. The maximum atomic E-state index is 14.6. The highest BCUT2D eigenvalue weighted by Gasteiger charge is 2.40. The van der Waals surface area contributed by atoms with Gasteiger partial charge >= 0.3 is 0 Å². The van der Waals surface area contributed by atoms with E-state index >= 15 is 0 Å². The normalized spacial score (nSPS) is 23.3. The van der Waals surface area contributed by atoms with Crippen LogP contribution in [0.1, 0.15) is 102 Å². The van der Waals surface area contributed by atoms with Crippen LogP contribution in [0.4, 0.5) is 0 Å². The number of nitrogens with zero attached hydrogens (tertiary/aromatic N) is 2. The van der Waals surface area contributed by atoms with Gasteiger partial charge in [0.05, 0.1) is 0 Å². The summed E-state index contributed by atoms with van der Waals surface area (Å²) in [6.07, 6.45) is 10.1. The fraction of sp³-hybridized carbons (Fsp3) is 0.542. The van der Waals surface area contributed by atoms with Gasteiger partial charge in [-0.3, -0.25) is 38.6 Å². The summed E-state index contributed by atoms with van der Waals surface area (Å²) in [6, 6.07) is 10.5. The molecule has 18 heteroatoms. The number of H-pyrrole nitrogens is 1. The van der Waals surface area contributed by atoms with Crippen molar-refractivity contribution in [3.8, 4) is 0 Å². The van der Waals surface area contributed by atoms with E-state index in [9.17, 15) is 33.6 Å². The standard InChI is InChI=1S/C48H67N11O7/c1-30(60)54-39(27-32-15-6-3-7-16-32)44(63)57-38-20-11-24-51-42(61)36(19-10-25-52-48(49)50)55-45(64)40(28-33-29-53-35-18-9-8-17-34(33)35)58-43(62)37(23-22-31-13-4-2-5-14-31)56-46(65)41-21-12-26-59(41)47(38)66/h3,6-9,15-18,29,31,36-41,53H,2,4-5,10-14,19-28H2,1H3,(H,51,61)(H,54,60)(H,55,64)(H,56,65)(H,57,63)(H,58,62)(H4,49,50,52)/t36?,37-,38?,39+,40?,41?/m1/s1. The molecule has 1 saturated carbocycles. The zero-order valence-electron chi connectivity index (χ0n) is 37.9. The molecule has 3 heterocycles. The largest absolute Gasteiger partial charge is 0.370 e. The second kappa shape index (κ2) is 24.2. The highest BCUT2D eigenvalue weighted by atomic mass is 16.2. The summed E-state index contributed by atoms with van der Waals surface area (Å²) < 4.78 is 0. The number of guanidine groups is 1. The van der Waals surface area contributed by atoms with E-state index in [0.717, 1.165) is 54.1 Å². The lowest BCUT2D eigenvalue weighted by molar-refractivity contribution is -0.142. The minimum Gasteiger partial charge on any atom is -0.370 e. The van der Waals surface area contributed by atoms with Crippen LogP contribution in [-0.2, 0) is 46.4 Å². The number of carbonyl (C=O) groups is 7. The van der Waals surface area contributed by atoms with E-state index in [1.54, 1.807) is 6.20 Å². The summed E-state index contributed by atoms with van der Waals surface area (Å²) in [5.41, 5.74) is 13.5. The van der Waals surface area contributed by atoms with Crippen LogP contribution in [0.2, 0.25) is 0 Å². The number of aromatic amines is 1. The molecule has 2 saturated heterocycles. The average molecular weight is 910 g/mol. The molecule has 6 rings (SSSR count). The lowest BCUT2D eigenvalue weighted by Crippen LogP contribution is -2.60. The molecule has 1 aliphatic carbocycles. The van der Waals surface area contributed by atoms with Crippen molar-refractivity contribution < 1.29 is 33.6 Å². The Morgan fingerprint density at radius 2 is 1.47 bits per heavy atom. The van der Waals surface area contributed by atoms with Crippen molar-refractivity contribution in [2.75, 3.05) is 19.6 Å². The first kappa shape index (κ1) is 49.0. The van der Waals surface area contributed by atoms with Gasteiger partial charge in [0.1, 0.15) is 36.3 Å². The van der Waals surface area contributed by atoms with Crippen LogP contribution >= 0.6 is 0 Å². The Morgan fingerprint density at radius 3 is 2.23 bits per heavy atom. The van der Waals surface area contributed by atoms with Crippen LogP contribution in [0.25, 0.3) is 10.9 Å². The van der Waals surface area contributed by atoms with Gasteiger partial charge in [-0.15, -0.1) is 0 Å². The molecule has 356 valence electrons. The molecule has 3 fully saturated rings. The lowest BCUT2D eigenvalue weighted by Gasteiger charge is -2.32. The minimum atomic E-state index is -1.14. The van der Waals surface area contributed by atoms with Gasteiger partial charge < -0.3 is 53.3 Å². The van der Waals surface area contributed by atoms with Gasteiger partial charge in [-0.05, 0) is 74.5 Å². The molecule has 0 spiro atoms. The highest BCUT2D eigenvalue weighted by Crippen LogP contribution is 2.28. The number of para-hydroxylation sites is 1. The first-order chi connectivity index (χ1) is 31.9. The summed E-state index contributed by atoms with van der Waals surface area (Å²) in [5, 5.41) is 18.2. The quantitative estimate of drug-likeness (QED) is 0.0646. The monoisotopic (exact) mass is 910 g/mol. The minimum absolute atomic E-state index is 0.0694. The summed E-state index contributed by atoms with van der Waals surface area (Å²) in [4.78, 5) is 107. The van der Waals surface area contributed by atoms with Gasteiger partial charge in [0, 0.05) is 56.5 Å². The summed E-state index contributed by atoms with van der Waals surface area (Å²) in [6.45, 7) is 1.82. The number of fused-ring (bicyclic) bond motifs is 2. The Morgan fingerprint density at radius 1 is 0.773 bits per heavy atom. The number of nitrogens with one attached hydrogen (secondary N) is 7. The maximum absolute atomic E-state index is 14.6. The van der Waals surface area contributed by atoms with E-state index in [4.69, 9.17) is 11.5 Å². The first-order valence-electron chi connectivity index (χ1n) is 23.6. The van der Waals surface area contributed by atoms with Crippen molar-refractivity contribution in [1.82, 2.24) is 41.8 Å². The van der Waals surface area contributed by atoms with Crippen LogP contribution in [-0.4, -0.2) is 113 Å².